The minimum atomic E-state index is -0.494. The number of amides is 2. The van der Waals surface area contributed by atoms with Crippen LogP contribution in [0.1, 0.15) is 34.7 Å². The molecule has 6 heteroatoms. The second-order valence-corrected chi connectivity index (χ2v) is 5.96. The molecule has 3 aromatic rings. The van der Waals surface area contributed by atoms with Crippen molar-refractivity contribution in [1.29, 1.82) is 0 Å². The quantitative estimate of drug-likeness (QED) is 0.709. The zero-order chi connectivity index (χ0) is 18.5. The Labute approximate surface area is 151 Å². The lowest BCUT2D eigenvalue weighted by Gasteiger charge is -2.14. The number of benzene rings is 2. The van der Waals surface area contributed by atoms with Crippen molar-refractivity contribution in [2.24, 2.45) is 0 Å². The van der Waals surface area contributed by atoms with Crippen molar-refractivity contribution in [1.82, 2.24) is 15.8 Å². The first-order chi connectivity index (χ1) is 12.5. The summed E-state index contributed by atoms with van der Waals surface area (Å²) in [5.41, 5.74) is 6.06. The summed E-state index contributed by atoms with van der Waals surface area (Å²) >= 11 is 0. The summed E-state index contributed by atoms with van der Waals surface area (Å²) in [6.45, 7) is 3.75. The number of hydrogen-bond acceptors (Lipinski definition) is 4. The number of nitrogens with one attached hydrogen (secondary N) is 2. The first-order valence-corrected chi connectivity index (χ1v) is 8.27. The van der Waals surface area contributed by atoms with Gasteiger partial charge in [0, 0.05) is 5.39 Å². The standard InChI is InChI=1S/C20H19N3O3/c1-13(2)26-18-10-6-4-8-15(18)19(24)22-23-20(25)17-12-11-14-7-3-5-9-16(14)21-17/h3-13H,1-2H3,(H,22,24)(H,23,25). The van der Waals surface area contributed by atoms with Crippen molar-refractivity contribution in [3.63, 3.8) is 0 Å². The Kier molecular flexibility index (Phi) is 5.12. The summed E-state index contributed by atoms with van der Waals surface area (Å²) in [6.07, 6.45) is -0.0691. The number of hydrazine groups is 1. The maximum Gasteiger partial charge on any atom is 0.288 e. The van der Waals surface area contributed by atoms with E-state index in [-0.39, 0.29) is 11.8 Å². The molecule has 0 saturated heterocycles. The normalized spacial score (nSPS) is 10.6. The van der Waals surface area contributed by atoms with Gasteiger partial charge in [0.1, 0.15) is 11.4 Å². The number of nitrogens with zero attached hydrogens (tertiary/aromatic N) is 1. The van der Waals surface area contributed by atoms with Gasteiger partial charge in [-0.2, -0.15) is 0 Å². The van der Waals surface area contributed by atoms with E-state index in [0.717, 1.165) is 5.39 Å². The van der Waals surface area contributed by atoms with Gasteiger partial charge in [-0.05, 0) is 38.1 Å². The number of rotatable bonds is 4. The highest BCUT2D eigenvalue weighted by molar-refractivity contribution is 6.00. The van der Waals surface area contributed by atoms with E-state index in [1.54, 1.807) is 30.3 Å². The van der Waals surface area contributed by atoms with Crippen LogP contribution < -0.4 is 15.6 Å². The van der Waals surface area contributed by atoms with Gasteiger partial charge in [0.05, 0.1) is 17.2 Å². The molecule has 2 N–H and O–H groups in total. The van der Waals surface area contributed by atoms with Crippen LogP contribution in [0.4, 0.5) is 0 Å². The van der Waals surface area contributed by atoms with Crippen LogP contribution in [0, 0.1) is 0 Å². The van der Waals surface area contributed by atoms with Gasteiger partial charge in [0.15, 0.2) is 0 Å². The Morgan fingerprint density at radius 1 is 0.885 bits per heavy atom. The molecule has 132 valence electrons. The van der Waals surface area contributed by atoms with Crippen LogP contribution >= 0.6 is 0 Å². The van der Waals surface area contributed by atoms with Gasteiger partial charge >= 0.3 is 0 Å². The van der Waals surface area contributed by atoms with Crippen LogP contribution in [0.5, 0.6) is 5.75 Å². The molecule has 3 rings (SSSR count). The van der Waals surface area contributed by atoms with Crippen molar-refractivity contribution < 1.29 is 14.3 Å². The molecule has 2 aromatic carbocycles. The van der Waals surface area contributed by atoms with E-state index in [2.05, 4.69) is 15.8 Å². The van der Waals surface area contributed by atoms with Crippen molar-refractivity contribution in [3.05, 3.63) is 71.9 Å². The van der Waals surface area contributed by atoms with E-state index in [9.17, 15) is 9.59 Å². The van der Waals surface area contributed by atoms with Crippen LogP contribution in [-0.2, 0) is 0 Å². The second-order valence-electron chi connectivity index (χ2n) is 5.96. The summed E-state index contributed by atoms with van der Waals surface area (Å²) < 4.78 is 5.62. The molecule has 0 fully saturated rings. The van der Waals surface area contributed by atoms with Gasteiger partial charge in [-0.25, -0.2) is 4.98 Å². The SMILES string of the molecule is CC(C)Oc1ccccc1C(=O)NNC(=O)c1ccc2ccccc2n1. The molecule has 0 atom stereocenters. The number of fused-ring (bicyclic) bond motifs is 1. The Morgan fingerprint density at radius 2 is 1.58 bits per heavy atom. The Balaban J connectivity index is 1.70. The van der Waals surface area contributed by atoms with E-state index >= 15 is 0 Å². The predicted molar refractivity (Wildman–Crippen MR) is 98.9 cm³/mol. The maximum absolute atomic E-state index is 12.4. The molecule has 0 bridgehead atoms. The molecule has 26 heavy (non-hydrogen) atoms. The fraction of sp³-hybridized carbons (Fsp3) is 0.150. The summed E-state index contributed by atoms with van der Waals surface area (Å²) in [5.74, 6) is -0.500. The van der Waals surface area contributed by atoms with Crippen LogP contribution in [0.25, 0.3) is 10.9 Å². The number of ether oxygens (including phenoxy) is 1. The lowest BCUT2D eigenvalue weighted by Crippen LogP contribution is -2.42. The molecule has 0 saturated carbocycles. The average Bonchev–Trinajstić information content (AvgIpc) is 2.65. The fourth-order valence-corrected chi connectivity index (χ4v) is 2.45. The second kappa shape index (κ2) is 7.65. The number of hydrogen-bond donors (Lipinski definition) is 2. The van der Waals surface area contributed by atoms with Gasteiger partial charge in [-0.1, -0.05) is 36.4 Å². The highest BCUT2D eigenvalue weighted by Gasteiger charge is 2.15. The summed E-state index contributed by atoms with van der Waals surface area (Å²) in [4.78, 5) is 28.9. The van der Waals surface area contributed by atoms with Crippen molar-refractivity contribution in [2.75, 3.05) is 0 Å². The van der Waals surface area contributed by atoms with E-state index in [1.807, 2.05) is 44.2 Å². The summed E-state index contributed by atoms with van der Waals surface area (Å²) in [5, 5.41) is 0.938. The molecule has 1 heterocycles. The summed E-state index contributed by atoms with van der Waals surface area (Å²) in [6, 6.07) is 17.8. The third kappa shape index (κ3) is 3.97. The highest BCUT2D eigenvalue weighted by atomic mass is 16.5. The van der Waals surface area contributed by atoms with Crippen LogP contribution in [-0.4, -0.2) is 22.9 Å². The first-order valence-electron chi connectivity index (χ1n) is 8.27. The number of para-hydroxylation sites is 2. The van der Waals surface area contributed by atoms with Gasteiger partial charge in [-0.3, -0.25) is 20.4 Å². The Hall–Kier alpha value is -3.41. The molecule has 1 aromatic heterocycles. The molecule has 2 amide bonds. The van der Waals surface area contributed by atoms with Gasteiger partial charge in [0.2, 0.25) is 0 Å². The number of carbonyl (C=O) groups excluding carboxylic acids is 2. The smallest absolute Gasteiger partial charge is 0.288 e. The Morgan fingerprint density at radius 3 is 2.38 bits per heavy atom. The van der Waals surface area contributed by atoms with E-state index < -0.39 is 11.8 Å². The lowest BCUT2D eigenvalue weighted by atomic mass is 10.2. The van der Waals surface area contributed by atoms with E-state index in [0.29, 0.717) is 16.8 Å². The molecule has 0 spiro atoms. The third-order valence-electron chi connectivity index (χ3n) is 3.61. The molecule has 0 aliphatic rings. The molecule has 0 aliphatic heterocycles. The predicted octanol–water partition coefficient (Wildman–Crippen LogP) is 3.10. The molecule has 0 aliphatic carbocycles. The monoisotopic (exact) mass is 349 g/mol. The highest BCUT2D eigenvalue weighted by Crippen LogP contribution is 2.19. The minimum absolute atomic E-state index is 0.0691. The zero-order valence-electron chi connectivity index (χ0n) is 14.5. The molecular weight excluding hydrogens is 330 g/mol. The zero-order valence-corrected chi connectivity index (χ0v) is 14.5. The topological polar surface area (TPSA) is 80.3 Å². The molecule has 0 radical (unpaired) electrons. The van der Waals surface area contributed by atoms with Gasteiger partial charge in [-0.15, -0.1) is 0 Å². The van der Waals surface area contributed by atoms with Gasteiger partial charge in [0.25, 0.3) is 11.8 Å². The number of carbonyl (C=O) groups is 2. The number of pyridine rings is 1. The van der Waals surface area contributed by atoms with Crippen LogP contribution in [0.15, 0.2) is 60.7 Å². The maximum atomic E-state index is 12.4. The largest absolute Gasteiger partial charge is 0.490 e. The molecule has 0 unspecified atom stereocenters. The lowest BCUT2D eigenvalue weighted by molar-refractivity contribution is 0.0841. The average molecular weight is 349 g/mol. The van der Waals surface area contributed by atoms with E-state index in [4.69, 9.17) is 4.74 Å². The summed E-state index contributed by atoms with van der Waals surface area (Å²) in [7, 11) is 0. The number of aromatic nitrogens is 1. The third-order valence-corrected chi connectivity index (χ3v) is 3.61. The molecule has 6 nitrogen and oxygen atoms in total. The first kappa shape index (κ1) is 17.4. The molecular formula is C20H19N3O3. The van der Waals surface area contributed by atoms with Crippen molar-refractivity contribution in [3.8, 4) is 5.75 Å². The fourth-order valence-electron chi connectivity index (χ4n) is 2.45. The minimum Gasteiger partial charge on any atom is -0.490 e. The van der Waals surface area contributed by atoms with Gasteiger partial charge < -0.3 is 4.74 Å². The van der Waals surface area contributed by atoms with Crippen LogP contribution in [0.3, 0.4) is 0 Å². The van der Waals surface area contributed by atoms with E-state index in [1.165, 1.54) is 0 Å². The Bertz CT molecular complexity index is 954. The van der Waals surface area contributed by atoms with Crippen LogP contribution in [0.2, 0.25) is 0 Å². The van der Waals surface area contributed by atoms with Crippen molar-refractivity contribution in [2.45, 2.75) is 20.0 Å². The van der Waals surface area contributed by atoms with Crippen molar-refractivity contribution >= 4 is 22.7 Å².